The van der Waals surface area contributed by atoms with Crippen molar-refractivity contribution in [3.05, 3.63) is 63.6 Å². The van der Waals surface area contributed by atoms with Gasteiger partial charge in [0, 0.05) is 26.2 Å². The number of aliphatic hydroxyl groups is 1. The van der Waals surface area contributed by atoms with E-state index in [0.717, 1.165) is 17.9 Å². The number of nitrogens with zero attached hydrogens (tertiary/aromatic N) is 2. The van der Waals surface area contributed by atoms with Crippen molar-refractivity contribution in [1.29, 1.82) is 5.26 Å². The van der Waals surface area contributed by atoms with Crippen LogP contribution in [-0.2, 0) is 6.54 Å². The van der Waals surface area contributed by atoms with Gasteiger partial charge in [-0.05, 0) is 48.4 Å². The van der Waals surface area contributed by atoms with Crippen LogP contribution in [-0.4, -0.2) is 36.3 Å². The van der Waals surface area contributed by atoms with Gasteiger partial charge in [-0.25, -0.2) is 0 Å². The van der Waals surface area contributed by atoms with Crippen LogP contribution < -0.4 is 4.74 Å². The van der Waals surface area contributed by atoms with E-state index < -0.39 is 0 Å². The Morgan fingerprint density at radius 2 is 1.80 bits per heavy atom. The van der Waals surface area contributed by atoms with Gasteiger partial charge in [0.25, 0.3) is 0 Å². The van der Waals surface area contributed by atoms with E-state index in [1.54, 1.807) is 30.3 Å². The summed E-state index contributed by atoms with van der Waals surface area (Å²) in [7, 11) is 0. The van der Waals surface area contributed by atoms with Crippen molar-refractivity contribution in [3.8, 4) is 11.8 Å². The van der Waals surface area contributed by atoms with Gasteiger partial charge in [0.15, 0.2) is 0 Å². The highest BCUT2D eigenvalue weighted by Crippen LogP contribution is 2.23. The second-order valence-corrected chi connectivity index (χ2v) is 6.40. The first-order valence-corrected chi connectivity index (χ1v) is 8.78. The molecule has 0 fully saturated rings. The molecule has 0 spiro atoms. The summed E-state index contributed by atoms with van der Waals surface area (Å²) < 4.78 is 5.74. The quantitative estimate of drug-likeness (QED) is 0.712. The molecule has 0 unspecified atom stereocenters. The minimum absolute atomic E-state index is 0.147. The molecule has 0 saturated heterocycles. The lowest BCUT2D eigenvalue weighted by atomic mass is 10.2. The Balaban J connectivity index is 1.90. The van der Waals surface area contributed by atoms with E-state index in [9.17, 15) is 0 Å². The van der Waals surface area contributed by atoms with Crippen LogP contribution in [0.15, 0.2) is 42.5 Å². The maximum atomic E-state index is 9.09. The summed E-state index contributed by atoms with van der Waals surface area (Å²) in [5.41, 5.74) is 1.67. The van der Waals surface area contributed by atoms with Gasteiger partial charge in [-0.1, -0.05) is 29.3 Å². The van der Waals surface area contributed by atoms with Gasteiger partial charge in [0.2, 0.25) is 0 Å². The molecule has 6 heteroatoms. The number of nitriles is 1. The van der Waals surface area contributed by atoms with Gasteiger partial charge in [0.05, 0.1) is 21.7 Å². The van der Waals surface area contributed by atoms with Crippen molar-refractivity contribution < 1.29 is 9.84 Å². The molecule has 0 radical (unpaired) electrons. The fourth-order valence-corrected chi connectivity index (χ4v) is 2.70. The first kappa shape index (κ1) is 19.6. The van der Waals surface area contributed by atoms with Crippen LogP contribution in [0.25, 0.3) is 0 Å². The Morgan fingerprint density at radius 1 is 1.04 bits per heavy atom. The van der Waals surface area contributed by atoms with Crippen molar-refractivity contribution in [3.63, 3.8) is 0 Å². The summed E-state index contributed by atoms with van der Waals surface area (Å²) in [6, 6.07) is 14.7. The molecule has 0 bridgehead atoms. The summed E-state index contributed by atoms with van der Waals surface area (Å²) in [4.78, 5) is 2.19. The van der Waals surface area contributed by atoms with Gasteiger partial charge in [0.1, 0.15) is 12.4 Å². The minimum Gasteiger partial charge on any atom is -0.492 e. The highest BCUT2D eigenvalue weighted by atomic mass is 35.5. The number of rotatable bonds is 9. The lowest BCUT2D eigenvalue weighted by molar-refractivity contribution is 0.183. The van der Waals surface area contributed by atoms with Crippen molar-refractivity contribution in [2.45, 2.75) is 13.0 Å². The van der Waals surface area contributed by atoms with E-state index in [0.29, 0.717) is 41.7 Å². The van der Waals surface area contributed by atoms with Gasteiger partial charge in [-0.15, -0.1) is 0 Å². The van der Waals surface area contributed by atoms with Crippen LogP contribution in [0.3, 0.4) is 0 Å². The predicted molar refractivity (Wildman–Crippen MR) is 100 cm³/mol. The summed E-state index contributed by atoms with van der Waals surface area (Å²) >= 11 is 12.0. The van der Waals surface area contributed by atoms with Gasteiger partial charge in [-0.2, -0.15) is 5.26 Å². The summed E-state index contributed by atoms with van der Waals surface area (Å²) in [5.74, 6) is 0.732. The van der Waals surface area contributed by atoms with E-state index in [-0.39, 0.29) is 6.61 Å². The van der Waals surface area contributed by atoms with Gasteiger partial charge < -0.3 is 9.84 Å². The molecular formula is C19H20Cl2N2O2. The van der Waals surface area contributed by atoms with Crippen molar-refractivity contribution in [1.82, 2.24) is 4.90 Å². The number of ether oxygens (including phenoxy) is 1. The van der Waals surface area contributed by atoms with E-state index >= 15 is 0 Å². The molecule has 2 rings (SSSR count). The third-order valence-corrected chi connectivity index (χ3v) is 4.42. The molecule has 0 aliphatic rings. The Hall–Kier alpha value is -1.77. The minimum atomic E-state index is 0.147. The molecule has 0 saturated carbocycles. The molecule has 132 valence electrons. The average Bonchev–Trinajstić information content (AvgIpc) is 2.63. The maximum absolute atomic E-state index is 9.09. The number of benzene rings is 2. The van der Waals surface area contributed by atoms with E-state index in [2.05, 4.69) is 11.0 Å². The summed E-state index contributed by atoms with van der Waals surface area (Å²) in [6.45, 7) is 2.83. The zero-order chi connectivity index (χ0) is 18.1. The largest absolute Gasteiger partial charge is 0.492 e. The molecule has 0 amide bonds. The van der Waals surface area contributed by atoms with E-state index in [1.165, 1.54) is 0 Å². The molecule has 0 aliphatic heterocycles. The number of hydrogen-bond acceptors (Lipinski definition) is 4. The van der Waals surface area contributed by atoms with Crippen LogP contribution >= 0.6 is 23.2 Å². The lowest BCUT2D eigenvalue weighted by Gasteiger charge is -2.22. The Kier molecular flexibility index (Phi) is 8.03. The Labute approximate surface area is 158 Å². The molecule has 2 aromatic carbocycles. The van der Waals surface area contributed by atoms with E-state index in [4.69, 9.17) is 38.3 Å². The monoisotopic (exact) mass is 378 g/mol. The van der Waals surface area contributed by atoms with Gasteiger partial charge >= 0.3 is 0 Å². The Morgan fingerprint density at radius 3 is 2.44 bits per heavy atom. The zero-order valence-corrected chi connectivity index (χ0v) is 15.3. The normalized spacial score (nSPS) is 10.7. The molecule has 0 heterocycles. The standard InChI is InChI=1S/C19H20Cl2N2O2/c20-18-7-4-16(12-19(18)21)14-23(8-1-10-24)9-11-25-17-5-2-15(13-22)3-6-17/h2-7,12,24H,1,8-11,14H2. The first-order chi connectivity index (χ1) is 12.1. The maximum Gasteiger partial charge on any atom is 0.119 e. The Bertz CT molecular complexity index is 714. The topological polar surface area (TPSA) is 56.5 Å². The van der Waals surface area contributed by atoms with Crippen LogP contribution in [0.5, 0.6) is 5.75 Å². The molecule has 0 atom stereocenters. The van der Waals surface area contributed by atoms with Crippen LogP contribution in [0.2, 0.25) is 10.0 Å². The molecule has 0 aliphatic carbocycles. The van der Waals surface area contributed by atoms with E-state index in [1.807, 2.05) is 12.1 Å². The average molecular weight is 379 g/mol. The SMILES string of the molecule is N#Cc1ccc(OCCN(CCCO)Cc2ccc(Cl)c(Cl)c2)cc1. The molecular weight excluding hydrogens is 359 g/mol. The predicted octanol–water partition coefficient (Wildman–Crippen LogP) is 4.13. The fraction of sp³-hybridized carbons (Fsp3) is 0.316. The second-order valence-electron chi connectivity index (χ2n) is 5.59. The number of aliphatic hydroxyl groups excluding tert-OH is 1. The molecule has 25 heavy (non-hydrogen) atoms. The smallest absolute Gasteiger partial charge is 0.119 e. The zero-order valence-electron chi connectivity index (χ0n) is 13.8. The molecule has 4 nitrogen and oxygen atoms in total. The third-order valence-electron chi connectivity index (χ3n) is 3.68. The van der Waals surface area contributed by atoms with Crippen molar-refractivity contribution in [2.75, 3.05) is 26.3 Å². The van der Waals surface area contributed by atoms with Crippen LogP contribution in [0, 0.1) is 11.3 Å². The lowest BCUT2D eigenvalue weighted by Crippen LogP contribution is -2.29. The summed E-state index contributed by atoms with van der Waals surface area (Å²) in [5, 5.41) is 19.0. The summed E-state index contributed by atoms with van der Waals surface area (Å²) in [6.07, 6.45) is 0.693. The van der Waals surface area contributed by atoms with Crippen molar-refractivity contribution in [2.24, 2.45) is 0 Å². The highest BCUT2D eigenvalue weighted by molar-refractivity contribution is 6.42. The molecule has 2 aromatic rings. The molecule has 0 aromatic heterocycles. The van der Waals surface area contributed by atoms with Crippen LogP contribution in [0.4, 0.5) is 0 Å². The second kappa shape index (κ2) is 10.3. The number of halogens is 2. The fourth-order valence-electron chi connectivity index (χ4n) is 2.38. The molecule has 1 N–H and O–H groups in total. The number of hydrogen-bond donors (Lipinski definition) is 1. The highest BCUT2D eigenvalue weighted by Gasteiger charge is 2.08. The van der Waals surface area contributed by atoms with Crippen LogP contribution in [0.1, 0.15) is 17.5 Å². The first-order valence-electron chi connectivity index (χ1n) is 8.02. The van der Waals surface area contributed by atoms with Crippen molar-refractivity contribution >= 4 is 23.2 Å². The van der Waals surface area contributed by atoms with Gasteiger partial charge in [-0.3, -0.25) is 4.90 Å². The third kappa shape index (κ3) is 6.56.